The number of hydrogen-bond donors (Lipinski definition) is 2. The Balaban J connectivity index is 2.87. The third-order valence-corrected chi connectivity index (χ3v) is 3.76. The summed E-state index contributed by atoms with van der Waals surface area (Å²) in [6, 6.07) is 4.24. The third-order valence-electron chi connectivity index (χ3n) is 3.76. The molecule has 1 aromatic rings. The Morgan fingerprint density at radius 2 is 2.00 bits per heavy atom. The second kappa shape index (κ2) is 10.9. The Kier molecular flexibility index (Phi) is 9.29. The van der Waals surface area contributed by atoms with Gasteiger partial charge in [0.05, 0.1) is 18.1 Å². The Bertz CT molecular complexity index is 561. The normalized spacial score (nSPS) is 12.0. The first-order chi connectivity index (χ1) is 12.3. The largest absolute Gasteiger partial charge is 0.573 e. The second-order valence-electron chi connectivity index (χ2n) is 5.76. The molecule has 0 amide bonds. The van der Waals surface area contributed by atoms with Crippen LogP contribution in [0.1, 0.15) is 26.7 Å². The number of ether oxygens (including phenoxy) is 1. The number of nitrogens with one attached hydrogen (secondary N) is 1. The van der Waals surface area contributed by atoms with E-state index in [4.69, 9.17) is 5.11 Å². The molecule has 0 atom stereocenters. The molecule has 0 aliphatic rings. The fourth-order valence-electron chi connectivity index (χ4n) is 2.36. The fraction of sp³-hybridized carbons (Fsp3) is 0.556. The van der Waals surface area contributed by atoms with E-state index in [-0.39, 0.29) is 12.5 Å². The molecule has 0 bridgehead atoms. The van der Waals surface area contributed by atoms with Crippen LogP contribution in [0.2, 0.25) is 0 Å². The summed E-state index contributed by atoms with van der Waals surface area (Å²) in [5, 5.41) is 12.3. The summed E-state index contributed by atoms with van der Waals surface area (Å²) < 4.78 is 41.5. The molecule has 26 heavy (non-hydrogen) atoms. The summed E-state index contributed by atoms with van der Waals surface area (Å²) in [7, 11) is 1.83. The molecule has 0 unspecified atom stereocenters. The summed E-state index contributed by atoms with van der Waals surface area (Å²) in [6.45, 7) is 5.94. The fourth-order valence-corrected chi connectivity index (χ4v) is 2.36. The summed E-state index contributed by atoms with van der Waals surface area (Å²) in [5.41, 5.74) is 1.31. The zero-order chi connectivity index (χ0) is 19.6. The first-order valence-corrected chi connectivity index (χ1v) is 8.67. The highest BCUT2D eigenvalue weighted by Crippen LogP contribution is 2.32. The van der Waals surface area contributed by atoms with Crippen LogP contribution in [0.5, 0.6) is 5.75 Å². The second-order valence-corrected chi connectivity index (χ2v) is 5.76. The smallest absolute Gasteiger partial charge is 0.406 e. The number of rotatable bonds is 11. The van der Waals surface area contributed by atoms with Crippen LogP contribution in [0.15, 0.2) is 30.5 Å². The molecule has 148 valence electrons. The summed E-state index contributed by atoms with van der Waals surface area (Å²) >= 11 is 0. The molecule has 1 aromatic carbocycles. The van der Waals surface area contributed by atoms with Gasteiger partial charge in [-0.15, -0.1) is 13.2 Å². The molecule has 8 heteroatoms. The molecule has 0 aromatic heterocycles. The maximum Gasteiger partial charge on any atom is 0.573 e. The highest BCUT2D eigenvalue weighted by atomic mass is 19.4. The van der Waals surface area contributed by atoms with E-state index < -0.39 is 6.36 Å². The predicted molar refractivity (Wildman–Crippen MR) is 98.4 cm³/mol. The Morgan fingerprint density at radius 3 is 2.58 bits per heavy atom. The SMILES string of the molecule is CC/C=C\N(C)c1ccc(OC(F)(F)F)cc1NCCCN(CC)CO. The maximum absolute atomic E-state index is 12.5. The van der Waals surface area contributed by atoms with Gasteiger partial charge in [0, 0.05) is 26.2 Å². The van der Waals surface area contributed by atoms with Gasteiger partial charge in [0.15, 0.2) is 0 Å². The van der Waals surface area contributed by atoms with Crippen molar-refractivity contribution in [1.29, 1.82) is 0 Å². The van der Waals surface area contributed by atoms with Crippen molar-refractivity contribution < 1.29 is 23.0 Å². The van der Waals surface area contributed by atoms with Crippen LogP contribution in [-0.2, 0) is 0 Å². The van der Waals surface area contributed by atoms with Gasteiger partial charge in [-0.3, -0.25) is 4.90 Å². The van der Waals surface area contributed by atoms with Crippen LogP contribution in [0.25, 0.3) is 0 Å². The van der Waals surface area contributed by atoms with Crippen LogP contribution in [-0.4, -0.2) is 49.8 Å². The van der Waals surface area contributed by atoms with Gasteiger partial charge in [0.1, 0.15) is 5.75 Å². The number of nitrogens with zero attached hydrogens (tertiary/aromatic N) is 2. The lowest BCUT2D eigenvalue weighted by atomic mass is 10.2. The van der Waals surface area contributed by atoms with E-state index in [0.29, 0.717) is 18.8 Å². The highest BCUT2D eigenvalue weighted by molar-refractivity contribution is 5.72. The molecule has 0 aliphatic heterocycles. The zero-order valence-corrected chi connectivity index (χ0v) is 15.5. The number of allylic oxidation sites excluding steroid dienone is 1. The minimum Gasteiger partial charge on any atom is -0.406 e. The van der Waals surface area contributed by atoms with Gasteiger partial charge in [-0.2, -0.15) is 0 Å². The lowest BCUT2D eigenvalue weighted by molar-refractivity contribution is -0.274. The van der Waals surface area contributed by atoms with E-state index in [0.717, 1.165) is 25.1 Å². The van der Waals surface area contributed by atoms with E-state index in [9.17, 15) is 13.2 Å². The Labute approximate surface area is 153 Å². The third kappa shape index (κ3) is 7.97. The zero-order valence-electron chi connectivity index (χ0n) is 15.5. The van der Waals surface area contributed by atoms with Gasteiger partial charge in [-0.25, -0.2) is 0 Å². The summed E-state index contributed by atoms with van der Waals surface area (Å²) in [5.74, 6) is -0.262. The average molecular weight is 375 g/mol. The van der Waals surface area contributed by atoms with Gasteiger partial charge >= 0.3 is 6.36 Å². The average Bonchev–Trinajstić information content (AvgIpc) is 2.58. The number of halogens is 3. The Morgan fingerprint density at radius 1 is 1.27 bits per heavy atom. The summed E-state index contributed by atoms with van der Waals surface area (Å²) in [6.07, 6.45) is 0.707. The van der Waals surface area contributed by atoms with Crippen LogP contribution >= 0.6 is 0 Å². The number of aliphatic hydroxyl groups is 1. The van der Waals surface area contributed by atoms with E-state index >= 15 is 0 Å². The standard InChI is InChI=1S/C18H28F3N3O2/c1-4-6-11-23(3)17-9-8-15(26-18(19,20)21)13-16(17)22-10-7-12-24(5-2)14-25/h6,8-9,11,13,22,25H,4-5,7,10,12,14H2,1-3H3/b11-6-. The molecule has 0 saturated heterocycles. The van der Waals surface area contributed by atoms with Crippen LogP contribution < -0.4 is 15.0 Å². The van der Waals surface area contributed by atoms with Gasteiger partial charge in [-0.1, -0.05) is 19.9 Å². The minimum absolute atomic E-state index is 0.0127. The van der Waals surface area contributed by atoms with Crippen molar-refractivity contribution >= 4 is 11.4 Å². The molecule has 0 fully saturated rings. The summed E-state index contributed by atoms with van der Waals surface area (Å²) in [4.78, 5) is 3.71. The molecule has 0 radical (unpaired) electrons. The predicted octanol–water partition coefficient (Wildman–Crippen LogP) is 4.02. The van der Waals surface area contributed by atoms with Gasteiger partial charge < -0.3 is 20.1 Å². The number of benzene rings is 1. The van der Waals surface area contributed by atoms with Crippen LogP contribution in [0.4, 0.5) is 24.5 Å². The maximum atomic E-state index is 12.5. The first-order valence-electron chi connectivity index (χ1n) is 8.67. The molecule has 0 saturated carbocycles. The highest BCUT2D eigenvalue weighted by Gasteiger charge is 2.31. The van der Waals surface area contributed by atoms with Gasteiger partial charge in [0.25, 0.3) is 0 Å². The van der Waals surface area contributed by atoms with E-state index in [1.165, 1.54) is 12.1 Å². The molecule has 2 N–H and O–H groups in total. The molecule has 0 spiro atoms. The van der Waals surface area contributed by atoms with Gasteiger partial charge in [-0.05, 0) is 37.7 Å². The topological polar surface area (TPSA) is 48.0 Å². The van der Waals surface area contributed by atoms with Crippen molar-refractivity contribution in [2.45, 2.75) is 33.1 Å². The van der Waals surface area contributed by atoms with Crippen molar-refractivity contribution in [3.8, 4) is 5.75 Å². The number of aliphatic hydroxyl groups excluding tert-OH is 1. The van der Waals surface area contributed by atoms with Crippen molar-refractivity contribution in [2.24, 2.45) is 0 Å². The van der Waals surface area contributed by atoms with Crippen LogP contribution in [0, 0.1) is 0 Å². The molecular formula is C18H28F3N3O2. The molecule has 1 rings (SSSR count). The lowest BCUT2D eigenvalue weighted by Gasteiger charge is -2.22. The first kappa shape index (κ1) is 22.1. The Hall–Kier alpha value is -1.93. The number of alkyl halides is 3. The molecule has 0 heterocycles. The van der Waals surface area contributed by atoms with Crippen molar-refractivity contribution in [1.82, 2.24) is 4.90 Å². The van der Waals surface area contributed by atoms with E-state index in [1.54, 1.807) is 6.07 Å². The van der Waals surface area contributed by atoms with Crippen molar-refractivity contribution in [3.05, 3.63) is 30.5 Å². The van der Waals surface area contributed by atoms with Gasteiger partial charge in [0.2, 0.25) is 0 Å². The van der Waals surface area contributed by atoms with Crippen molar-refractivity contribution in [2.75, 3.05) is 43.6 Å². The van der Waals surface area contributed by atoms with Crippen LogP contribution in [0.3, 0.4) is 0 Å². The van der Waals surface area contributed by atoms with Crippen molar-refractivity contribution in [3.63, 3.8) is 0 Å². The molecule has 0 aliphatic carbocycles. The quantitative estimate of drug-likeness (QED) is 0.452. The molecule has 5 nitrogen and oxygen atoms in total. The lowest BCUT2D eigenvalue weighted by Crippen LogP contribution is -2.26. The molecular weight excluding hydrogens is 347 g/mol. The monoisotopic (exact) mass is 375 g/mol. The minimum atomic E-state index is -4.73. The number of anilines is 2. The number of hydrogen-bond acceptors (Lipinski definition) is 5. The van der Waals surface area contributed by atoms with E-state index in [2.05, 4.69) is 10.1 Å². The van der Waals surface area contributed by atoms with E-state index in [1.807, 2.05) is 43.0 Å².